The minimum absolute atomic E-state index is 0.126. The zero-order chi connectivity index (χ0) is 21.1. The van der Waals surface area contributed by atoms with Crippen molar-refractivity contribution in [3.05, 3.63) is 48.3 Å². The molecule has 3 heterocycles. The average Bonchev–Trinajstić information content (AvgIpc) is 3.42. The number of nitrogens with zero attached hydrogens (tertiary/aromatic N) is 4. The summed E-state index contributed by atoms with van der Waals surface area (Å²) in [6.45, 7) is 1.78. The van der Waals surface area contributed by atoms with Crippen LogP contribution < -0.4 is 15.0 Å². The lowest BCUT2D eigenvalue weighted by Crippen LogP contribution is -2.21. The Hall–Kier alpha value is -3.27. The Labute approximate surface area is 175 Å². The number of halogens is 3. The quantitative estimate of drug-likeness (QED) is 0.571. The van der Waals surface area contributed by atoms with Crippen LogP contribution in [0.2, 0.25) is 0 Å². The van der Waals surface area contributed by atoms with E-state index in [4.69, 9.17) is 11.6 Å². The number of alkyl halides is 3. The topological polar surface area (TPSA) is 96.0 Å². The summed E-state index contributed by atoms with van der Waals surface area (Å²) in [5.41, 5.74) is -1.69. The molecule has 11 heteroatoms. The first-order valence-electron chi connectivity index (χ1n) is 9.18. The summed E-state index contributed by atoms with van der Waals surface area (Å²) in [7, 11) is 0. The number of rotatable bonds is 6. The van der Waals surface area contributed by atoms with E-state index in [1.54, 1.807) is 12.3 Å². The van der Waals surface area contributed by atoms with Crippen LogP contribution in [0.3, 0.4) is 0 Å². The number of aromatic amines is 1. The summed E-state index contributed by atoms with van der Waals surface area (Å²) >= 11 is 4.74. The lowest BCUT2D eigenvalue weighted by molar-refractivity contribution is -0.0964. The van der Waals surface area contributed by atoms with Gasteiger partial charge in [-0.1, -0.05) is 5.21 Å². The highest BCUT2D eigenvalue weighted by atomic mass is 35.5. The van der Waals surface area contributed by atoms with Gasteiger partial charge in [-0.25, -0.2) is 4.98 Å². The van der Waals surface area contributed by atoms with Crippen molar-refractivity contribution in [2.45, 2.75) is 18.4 Å². The van der Waals surface area contributed by atoms with E-state index in [9.17, 15) is 13.6 Å². The van der Waals surface area contributed by atoms with Crippen molar-refractivity contribution >= 4 is 29.0 Å². The predicted molar refractivity (Wildman–Crippen MR) is 107 cm³/mol. The maximum atomic E-state index is 12.7. The van der Waals surface area contributed by atoms with Crippen LogP contribution in [0.4, 0.5) is 20.3 Å². The second-order valence-corrected chi connectivity index (χ2v) is 7.13. The molecule has 1 saturated heterocycles. The van der Waals surface area contributed by atoms with Gasteiger partial charge in [-0.05, 0) is 43.2 Å². The first kappa shape index (κ1) is 20.0. The average molecular weight is 435 g/mol. The third kappa shape index (κ3) is 4.65. The zero-order valence-electron chi connectivity index (χ0n) is 15.6. The van der Waals surface area contributed by atoms with E-state index in [2.05, 4.69) is 35.3 Å². The second-order valence-electron chi connectivity index (χ2n) is 6.69. The summed E-state index contributed by atoms with van der Waals surface area (Å²) in [6, 6.07) is 7.14. The van der Waals surface area contributed by atoms with Crippen molar-refractivity contribution in [1.29, 1.82) is 0 Å². The summed E-state index contributed by atoms with van der Waals surface area (Å²) in [5, 5.41) is 13.1. The number of hydrogen-bond donors (Lipinski definition) is 2. The molecular formula is C19H17ClF2N6O2. The van der Waals surface area contributed by atoms with E-state index >= 15 is 0 Å². The van der Waals surface area contributed by atoms with Crippen LogP contribution in [-0.2, 0) is 0 Å². The zero-order valence-corrected chi connectivity index (χ0v) is 16.4. The lowest BCUT2D eigenvalue weighted by Gasteiger charge is -2.20. The van der Waals surface area contributed by atoms with Gasteiger partial charge in [-0.15, -0.1) is 13.9 Å². The molecule has 1 aromatic carbocycles. The van der Waals surface area contributed by atoms with Gasteiger partial charge in [0.1, 0.15) is 11.6 Å². The number of anilines is 2. The molecule has 0 radical (unpaired) electrons. The van der Waals surface area contributed by atoms with E-state index in [1.807, 2.05) is 0 Å². The number of H-pyrrole nitrogens is 1. The molecule has 2 N–H and O–H groups in total. The van der Waals surface area contributed by atoms with Crippen LogP contribution in [-0.4, -0.2) is 45.0 Å². The van der Waals surface area contributed by atoms with Crippen LogP contribution in [0.25, 0.3) is 11.3 Å². The normalized spacial score (nSPS) is 14.0. The monoisotopic (exact) mass is 434 g/mol. The fraction of sp³-hybridized carbons (Fsp3) is 0.263. The summed E-state index contributed by atoms with van der Waals surface area (Å²) < 4.78 is 29.6. The van der Waals surface area contributed by atoms with Gasteiger partial charge >= 0.3 is 5.57 Å². The maximum Gasteiger partial charge on any atom is 0.487 e. The molecule has 8 nitrogen and oxygen atoms in total. The highest BCUT2D eigenvalue weighted by Gasteiger charge is 2.27. The standard InChI is InChI=1S/C19H17ClF2N6O2/c20-19(21,22)30-14-5-3-13(4-6-14)25-18(29)12-9-15(16-11-24-27-26-16)17(23-10-12)28-7-1-2-8-28/h3-6,9-11H,1-2,7-8H2,(H,25,29)(H,24,26,27). The van der Waals surface area contributed by atoms with Gasteiger partial charge in [0, 0.05) is 42.1 Å². The highest BCUT2D eigenvalue weighted by molar-refractivity contribution is 6.20. The Morgan fingerprint density at radius 1 is 1.20 bits per heavy atom. The third-order valence-corrected chi connectivity index (χ3v) is 4.66. The SMILES string of the molecule is O=C(Nc1ccc(OC(F)(F)Cl)cc1)c1cnc(N2CCCC2)c(-c2cnn[nH]2)c1. The Bertz CT molecular complexity index is 1020. The number of benzene rings is 1. The molecule has 156 valence electrons. The van der Waals surface area contributed by atoms with Crippen molar-refractivity contribution in [1.82, 2.24) is 20.4 Å². The van der Waals surface area contributed by atoms with Gasteiger partial charge in [0.15, 0.2) is 0 Å². The van der Waals surface area contributed by atoms with Gasteiger partial charge in [-0.3, -0.25) is 9.89 Å². The van der Waals surface area contributed by atoms with E-state index in [1.165, 1.54) is 30.5 Å². The largest absolute Gasteiger partial charge is 0.487 e. The predicted octanol–water partition coefficient (Wildman–Crippen LogP) is 3.89. The molecule has 3 aromatic rings. The molecule has 4 rings (SSSR count). The smallest absolute Gasteiger partial charge is 0.420 e. The third-order valence-electron chi connectivity index (χ3n) is 4.59. The minimum atomic E-state index is -3.80. The van der Waals surface area contributed by atoms with E-state index < -0.39 is 11.5 Å². The molecule has 0 aliphatic carbocycles. The number of amides is 1. The van der Waals surface area contributed by atoms with Crippen molar-refractivity contribution in [3.63, 3.8) is 0 Å². The highest BCUT2D eigenvalue weighted by Crippen LogP contribution is 2.31. The molecule has 2 aromatic heterocycles. The number of carbonyl (C=O) groups is 1. The molecule has 0 bridgehead atoms. The van der Waals surface area contributed by atoms with Gasteiger partial charge in [-0.2, -0.15) is 0 Å². The molecule has 0 spiro atoms. The van der Waals surface area contributed by atoms with Crippen molar-refractivity contribution in [3.8, 4) is 17.0 Å². The van der Waals surface area contributed by atoms with Crippen molar-refractivity contribution < 1.29 is 18.3 Å². The molecule has 30 heavy (non-hydrogen) atoms. The Morgan fingerprint density at radius 3 is 2.57 bits per heavy atom. The molecule has 1 amide bonds. The molecule has 0 saturated carbocycles. The molecule has 0 atom stereocenters. The first-order valence-corrected chi connectivity index (χ1v) is 9.55. The van der Waals surface area contributed by atoms with Crippen LogP contribution in [0.1, 0.15) is 23.2 Å². The van der Waals surface area contributed by atoms with Crippen LogP contribution in [0.15, 0.2) is 42.7 Å². The number of ether oxygens (including phenoxy) is 1. The molecular weight excluding hydrogens is 418 g/mol. The van der Waals surface area contributed by atoms with Gasteiger partial charge in [0.05, 0.1) is 17.5 Å². The van der Waals surface area contributed by atoms with Crippen LogP contribution in [0.5, 0.6) is 5.75 Å². The van der Waals surface area contributed by atoms with Crippen LogP contribution in [0, 0.1) is 0 Å². The van der Waals surface area contributed by atoms with E-state index in [0.717, 1.165) is 37.3 Å². The maximum absolute atomic E-state index is 12.7. The molecule has 0 unspecified atom stereocenters. The molecule has 1 aliphatic heterocycles. The molecule has 1 aliphatic rings. The first-order chi connectivity index (χ1) is 14.4. The fourth-order valence-electron chi connectivity index (χ4n) is 3.23. The lowest BCUT2D eigenvalue weighted by atomic mass is 10.1. The van der Waals surface area contributed by atoms with Gasteiger partial charge < -0.3 is 15.0 Å². The number of carbonyl (C=O) groups excluding carboxylic acids is 1. The van der Waals surface area contributed by atoms with Crippen LogP contribution >= 0.6 is 11.6 Å². The summed E-state index contributed by atoms with van der Waals surface area (Å²) in [6.07, 6.45) is 5.24. The van der Waals surface area contributed by atoms with E-state index in [-0.39, 0.29) is 5.75 Å². The number of nitrogens with one attached hydrogen (secondary N) is 2. The fourth-order valence-corrected chi connectivity index (χ4v) is 3.32. The van der Waals surface area contributed by atoms with Gasteiger partial charge in [0.2, 0.25) is 0 Å². The summed E-state index contributed by atoms with van der Waals surface area (Å²) in [5.74, 6) is 0.234. The van der Waals surface area contributed by atoms with Crippen molar-refractivity contribution in [2.24, 2.45) is 0 Å². The minimum Gasteiger partial charge on any atom is -0.420 e. The molecule has 1 fully saturated rings. The van der Waals surface area contributed by atoms with Crippen molar-refractivity contribution in [2.75, 3.05) is 23.3 Å². The Balaban J connectivity index is 1.55. The Morgan fingerprint density at radius 2 is 1.93 bits per heavy atom. The summed E-state index contributed by atoms with van der Waals surface area (Å²) in [4.78, 5) is 19.4. The van der Waals surface area contributed by atoms with Gasteiger partial charge in [0.25, 0.3) is 5.91 Å². The number of hydrogen-bond acceptors (Lipinski definition) is 6. The number of pyridine rings is 1. The second kappa shape index (κ2) is 8.23. The number of aromatic nitrogens is 4. The Kier molecular flexibility index (Phi) is 5.49. The van der Waals surface area contributed by atoms with E-state index in [0.29, 0.717) is 16.9 Å².